The van der Waals surface area contributed by atoms with E-state index in [0.717, 1.165) is 30.7 Å². The van der Waals surface area contributed by atoms with Gasteiger partial charge in [0.1, 0.15) is 0 Å². The van der Waals surface area contributed by atoms with Gasteiger partial charge in [-0.3, -0.25) is 0 Å². The van der Waals surface area contributed by atoms with Crippen molar-refractivity contribution in [2.75, 3.05) is 25.9 Å². The van der Waals surface area contributed by atoms with Gasteiger partial charge in [0.05, 0.1) is 11.0 Å². The van der Waals surface area contributed by atoms with Gasteiger partial charge < -0.3 is 9.47 Å². The molecule has 110 valence electrons. The molecule has 0 saturated carbocycles. The third-order valence-corrected chi connectivity index (χ3v) is 4.46. The highest BCUT2D eigenvalue weighted by atomic mass is 32.2. The van der Waals surface area contributed by atoms with E-state index in [0.29, 0.717) is 6.54 Å². The standard InChI is InChI=1S/C14H21N3O2S/c1-4-16(5-2)10-11-17-13-9-7-6-8-12(13)15-14(17)20(3,18)19/h6-9H,4-5,10-11H2,1-3H3. The molecule has 6 heteroatoms. The second kappa shape index (κ2) is 5.93. The van der Waals surface area contributed by atoms with Crippen LogP contribution in [0, 0.1) is 0 Å². The van der Waals surface area contributed by atoms with E-state index >= 15 is 0 Å². The van der Waals surface area contributed by atoms with Gasteiger partial charge in [-0.05, 0) is 25.2 Å². The molecule has 1 heterocycles. The van der Waals surface area contributed by atoms with E-state index in [9.17, 15) is 8.42 Å². The van der Waals surface area contributed by atoms with Crippen LogP contribution in [0.3, 0.4) is 0 Å². The SMILES string of the molecule is CCN(CC)CCn1c(S(C)(=O)=O)nc2ccccc21. The minimum Gasteiger partial charge on any atom is -0.314 e. The Balaban J connectivity index is 2.44. The van der Waals surface area contributed by atoms with Crippen LogP contribution >= 0.6 is 0 Å². The summed E-state index contributed by atoms with van der Waals surface area (Å²) in [5.41, 5.74) is 1.60. The van der Waals surface area contributed by atoms with Crippen molar-refractivity contribution in [3.63, 3.8) is 0 Å². The van der Waals surface area contributed by atoms with E-state index in [4.69, 9.17) is 0 Å². The third kappa shape index (κ3) is 3.02. The monoisotopic (exact) mass is 295 g/mol. The summed E-state index contributed by atoms with van der Waals surface area (Å²) in [6.07, 6.45) is 1.21. The summed E-state index contributed by atoms with van der Waals surface area (Å²) in [6, 6.07) is 7.54. The zero-order chi connectivity index (χ0) is 14.8. The first-order valence-corrected chi connectivity index (χ1v) is 8.74. The number of hydrogen-bond donors (Lipinski definition) is 0. The average molecular weight is 295 g/mol. The van der Waals surface area contributed by atoms with Gasteiger partial charge in [0.2, 0.25) is 15.0 Å². The lowest BCUT2D eigenvalue weighted by Gasteiger charge is -2.19. The number of likely N-dealkylation sites (N-methyl/N-ethyl adjacent to an activating group) is 1. The molecule has 0 amide bonds. The Morgan fingerprint density at radius 2 is 1.85 bits per heavy atom. The minimum atomic E-state index is -3.32. The fraction of sp³-hybridized carbons (Fsp3) is 0.500. The van der Waals surface area contributed by atoms with Crippen LogP contribution in [0.1, 0.15) is 13.8 Å². The van der Waals surface area contributed by atoms with Gasteiger partial charge in [0, 0.05) is 19.3 Å². The van der Waals surface area contributed by atoms with Crippen LogP contribution in [-0.4, -0.2) is 48.8 Å². The summed E-state index contributed by atoms with van der Waals surface area (Å²) in [5.74, 6) is 0. The van der Waals surface area contributed by atoms with Gasteiger partial charge in [-0.1, -0.05) is 26.0 Å². The summed E-state index contributed by atoms with van der Waals surface area (Å²) in [6.45, 7) is 7.56. The van der Waals surface area contributed by atoms with Gasteiger partial charge in [-0.25, -0.2) is 13.4 Å². The molecule has 1 aromatic carbocycles. The van der Waals surface area contributed by atoms with Crippen LogP contribution in [0.5, 0.6) is 0 Å². The van der Waals surface area contributed by atoms with Crippen molar-refractivity contribution >= 4 is 20.9 Å². The molecule has 0 atom stereocenters. The van der Waals surface area contributed by atoms with Crippen molar-refractivity contribution in [2.24, 2.45) is 0 Å². The number of hydrogen-bond acceptors (Lipinski definition) is 4. The largest absolute Gasteiger partial charge is 0.314 e. The predicted octanol–water partition coefficient (Wildman–Crippen LogP) is 1.78. The lowest BCUT2D eigenvalue weighted by atomic mass is 10.3. The highest BCUT2D eigenvalue weighted by Crippen LogP contribution is 2.19. The third-order valence-electron chi connectivity index (χ3n) is 3.49. The molecule has 0 fully saturated rings. The zero-order valence-electron chi connectivity index (χ0n) is 12.2. The average Bonchev–Trinajstić information content (AvgIpc) is 2.79. The Bertz CT molecular complexity index is 688. The molecule has 0 unspecified atom stereocenters. The molecule has 0 spiro atoms. The maximum Gasteiger partial charge on any atom is 0.228 e. The molecule has 0 aliphatic rings. The van der Waals surface area contributed by atoms with E-state index in [1.807, 2.05) is 28.8 Å². The number of para-hydroxylation sites is 2. The highest BCUT2D eigenvalue weighted by molar-refractivity contribution is 7.90. The summed E-state index contributed by atoms with van der Waals surface area (Å²) in [5, 5.41) is 0.158. The zero-order valence-corrected chi connectivity index (χ0v) is 13.0. The van der Waals surface area contributed by atoms with E-state index < -0.39 is 9.84 Å². The first kappa shape index (κ1) is 15.0. The molecule has 0 saturated heterocycles. The molecular formula is C14H21N3O2S. The summed E-state index contributed by atoms with van der Waals surface area (Å²) in [4.78, 5) is 6.53. The number of aromatic nitrogens is 2. The molecule has 0 N–H and O–H groups in total. The molecule has 2 rings (SSSR count). The Hall–Kier alpha value is -1.40. The number of nitrogens with zero attached hydrogens (tertiary/aromatic N) is 3. The minimum absolute atomic E-state index is 0.158. The number of fused-ring (bicyclic) bond motifs is 1. The molecule has 5 nitrogen and oxygen atoms in total. The number of benzene rings is 1. The number of imidazole rings is 1. The first-order chi connectivity index (χ1) is 9.47. The lowest BCUT2D eigenvalue weighted by Crippen LogP contribution is -2.27. The molecule has 0 bridgehead atoms. The Morgan fingerprint density at radius 1 is 1.20 bits per heavy atom. The Labute approximate surface area is 120 Å². The van der Waals surface area contributed by atoms with Crippen molar-refractivity contribution in [3.05, 3.63) is 24.3 Å². The normalized spacial score (nSPS) is 12.4. The van der Waals surface area contributed by atoms with E-state index in [2.05, 4.69) is 23.7 Å². The predicted molar refractivity (Wildman–Crippen MR) is 80.6 cm³/mol. The molecule has 0 radical (unpaired) electrons. The van der Waals surface area contributed by atoms with Crippen molar-refractivity contribution in [1.29, 1.82) is 0 Å². The van der Waals surface area contributed by atoms with Crippen molar-refractivity contribution in [3.8, 4) is 0 Å². The highest BCUT2D eigenvalue weighted by Gasteiger charge is 2.19. The summed E-state index contributed by atoms with van der Waals surface area (Å²) in [7, 11) is -3.32. The second-order valence-corrected chi connectivity index (χ2v) is 6.74. The Kier molecular flexibility index (Phi) is 4.45. The lowest BCUT2D eigenvalue weighted by molar-refractivity contribution is 0.288. The molecule has 20 heavy (non-hydrogen) atoms. The van der Waals surface area contributed by atoms with E-state index in [1.54, 1.807) is 0 Å². The van der Waals surface area contributed by atoms with Crippen LogP contribution in [-0.2, 0) is 16.4 Å². The molecule has 0 aliphatic heterocycles. The number of rotatable bonds is 6. The van der Waals surface area contributed by atoms with Crippen molar-refractivity contribution in [2.45, 2.75) is 25.5 Å². The van der Waals surface area contributed by atoms with Gasteiger partial charge in [-0.15, -0.1) is 0 Å². The molecule has 0 aliphatic carbocycles. The topological polar surface area (TPSA) is 55.2 Å². The molecule has 1 aromatic heterocycles. The maximum absolute atomic E-state index is 11.9. The fourth-order valence-corrected chi connectivity index (χ4v) is 3.19. The van der Waals surface area contributed by atoms with Crippen LogP contribution in [0.25, 0.3) is 11.0 Å². The maximum atomic E-state index is 11.9. The van der Waals surface area contributed by atoms with Crippen LogP contribution in [0.15, 0.2) is 29.4 Å². The fourth-order valence-electron chi connectivity index (χ4n) is 2.33. The summed E-state index contributed by atoms with van der Waals surface area (Å²) >= 11 is 0. The van der Waals surface area contributed by atoms with Gasteiger partial charge in [-0.2, -0.15) is 0 Å². The molecular weight excluding hydrogens is 274 g/mol. The van der Waals surface area contributed by atoms with Gasteiger partial charge in [0.15, 0.2) is 0 Å². The quantitative estimate of drug-likeness (QED) is 0.815. The smallest absolute Gasteiger partial charge is 0.228 e. The van der Waals surface area contributed by atoms with Crippen LogP contribution in [0.4, 0.5) is 0 Å². The number of sulfone groups is 1. The van der Waals surface area contributed by atoms with Gasteiger partial charge >= 0.3 is 0 Å². The van der Waals surface area contributed by atoms with E-state index in [-0.39, 0.29) is 5.16 Å². The van der Waals surface area contributed by atoms with Gasteiger partial charge in [0.25, 0.3) is 0 Å². The second-order valence-electron chi connectivity index (χ2n) is 4.83. The summed E-state index contributed by atoms with van der Waals surface area (Å²) < 4.78 is 25.6. The Morgan fingerprint density at radius 3 is 2.45 bits per heavy atom. The van der Waals surface area contributed by atoms with Crippen LogP contribution in [0.2, 0.25) is 0 Å². The van der Waals surface area contributed by atoms with Crippen LogP contribution < -0.4 is 0 Å². The first-order valence-electron chi connectivity index (χ1n) is 6.85. The van der Waals surface area contributed by atoms with E-state index in [1.165, 1.54) is 6.26 Å². The molecule has 2 aromatic rings. The van der Waals surface area contributed by atoms with Crippen molar-refractivity contribution < 1.29 is 8.42 Å². The van der Waals surface area contributed by atoms with Crippen molar-refractivity contribution in [1.82, 2.24) is 14.5 Å².